The fourth-order valence-corrected chi connectivity index (χ4v) is 5.15. The first-order valence-corrected chi connectivity index (χ1v) is 12.1. The summed E-state index contributed by atoms with van der Waals surface area (Å²) in [6, 6.07) is 15.1. The Morgan fingerprint density at radius 1 is 0.938 bits per heavy atom. The van der Waals surface area contributed by atoms with Gasteiger partial charge in [0.05, 0.1) is 17.1 Å². The molecule has 0 N–H and O–H groups in total. The van der Waals surface area contributed by atoms with Crippen LogP contribution < -0.4 is 4.31 Å². The molecule has 0 atom stereocenters. The van der Waals surface area contributed by atoms with Crippen molar-refractivity contribution in [1.29, 1.82) is 0 Å². The van der Waals surface area contributed by atoms with Crippen LogP contribution in [0, 0.1) is 0 Å². The minimum absolute atomic E-state index is 0.0292. The van der Waals surface area contributed by atoms with Gasteiger partial charge in [0, 0.05) is 52.4 Å². The molecule has 2 aromatic carbocycles. The molecule has 3 rings (SSSR count). The van der Waals surface area contributed by atoms with Crippen LogP contribution >= 0.6 is 0 Å². The Hall–Kier alpha value is -2.91. The van der Waals surface area contributed by atoms with Crippen LogP contribution in [-0.4, -0.2) is 88.3 Å². The highest BCUT2D eigenvalue weighted by atomic mass is 32.2. The Bertz CT molecular complexity index is 1050. The minimum Gasteiger partial charge on any atom is -0.348 e. The number of amides is 2. The second kappa shape index (κ2) is 10.1. The van der Waals surface area contributed by atoms with E-state index in [1.54, 1.807) is 67.2 Å². The van der Waals surface area contributed by atoms with Gasteiger partial charge in [0.25, 0.3) is 15.9 Å². The van der Waals surface area contributed by atoms with Crippen molar-refractivity contribution >= 4 is 27.5 Å². The minimum atomic E-state index is -3.81. The van der Waals surface area contributed by atoms with Gasteiger partial charge >= 0.3 is 0 Å². The van der Waals surface area contributed by atoms with Gasteiger partial charge in [0.15, 0.2) is 0 Å². The number of carbonyl (C=O) groups is 2. The number of hydrogen-bond donors (Lipinski definition) is 0. The van der Waals surface area contributed by atoms with Gasteiger partial charge < -0.3 is 9.80 Å². The summed E-state index contributed by atoms with van der Waals surface area (Å²) in [4.78, 5) is 30.3. The fourth-order valence-electron chi connectivity index (χ4n) is 3.63. The van der Waals surface area contributed by atoms with Crippen LogP contribution in [0.2, 0.25) is 0 Å². The van der Waals surface area contributed by atoms with Gasteiger partial charge in [-0.3, -0.25) is 18.8 Å². The molecule has 1 aliphatic heterocycles. The number of hydrogen-bond acceptors (Lipinski definition) is 5. The highest BCUT2D eigenvalue weighted by molar-refractivity contribution is 7.92. The summed E-state index contributed by atoms with van der Waals surface area (Å²) < 4.78 is 27.9. The molecule has 2 aromatic rings. The average Bonchev–Trinajstić information content (AvgIpc) is 2.80. The maximum absolute atomic E-state index is 13.3. The lowest BCUT2D eigenvalue weighted by molar-refractivity contribution is -0.130. The van der Waals surface area contributed by atoms with E-state index in [1.807, 2.05) is 11.0 Å². The molecule has 2 amide bonds. The van der Waals surface area contributed by atoms with Crippen molar-refractivity contribution in [1.82, 2.24) is 14.7 Å². The third-order valence-corrected chi connectivity index (χ3v) is 7.42. The van der Waals surface area contributed by atoms with Crippen LogP contribution in [0.4, 0.5) is 5.69 Å². The number of piperazine rings is 1. The Kier molecular flexibility index (Phi) is 7.52. The summed E-state index contributed by atoms with van der Waals surface area (Å²) >= 11 is 0. The van der Waals surface area contributed by atoms with E-state index in [-0.39, 0.29) is 23.3 Å². The van der Waals surface area contributed by atoms with Gasteiger partial charge in [0.2, 0.25) is 5.91 Å². The Labute approximate surface area is 190 Å². The smallest absolute Gasteiger partial charge is 0.264 e. The standard InChI is InChI=1S/C23H30N4O4S/c1-4-27(20-10-6-5-7-11-20)32(30,31)21-12-8-9-19(17-21)23(29)26-15-13-25(14-16-26)18-22(28)24(2)3/h5-12,17H,4,13-16,18H2,1-3H3. The van der Waals surface area contributed by atoms with E-state index < -0.39 is 10.0 Å². The van der Waals surface area contributed by atoms with E-state index in [4.69, 9.17) is 0 Å². The number of likely N-dealkylation sites (N-methyl/N-ethyl adjacent to an activating group) is 1. The van der Waals surface area contributed by atoms with Crippen LogP contribution in [0.15, 0.2) is 59.5 Å². The third kappa shape index (κ3) is 5.28. The molecular weight excluding hydrogens is 428 g/mol. The van der Waals surface area contributed by atoms with E-state index in [2.05, 4.69) is 0 Å². The van der Waals surface area contributed by atoms with E-state index in [0.29, 0.717) is 44.0 Å². The number of anilines is 1. The largest absolute Gasteiger partial charge is 0.348 e. The first-order chi connectivity index (χ1) is 15.2. The molecule has 0 bridgehead atoms. The van der Waals surface area contributed by atoms with Crippen molar-refractivity contribution in [2.45, 2.75) is 11.8 Å². The predicted octanol–water partition coefficient (Wildman–Crippen LogP) is 1.75. The molecular formula is C23H30N4O4S. The van der Waals surface area contributed by atoms with E-state index in [1.165, 1.54) is 16.4 Å². The maximum Gasteiger partial charge on any atom is 0.264 e. The summed E-state index contributed by atoms with van der Waals surface area (Å²) in [5.41, 5.74) is 0.920. The molecule has 9 heteroatoms. The number of benzene rings is 2. The Morgan fingerprint density at radius 3 is 2.19 bits per heavy atom. The summed E-state index contributed by atoms with van der Waals surface area (Å²) in [6.45, 7) is 4.55. The van der Waals surface area contributed by atoms with Crippen molar-refractivity contribution in [2.24, 2.45) is 0 Å². The van der Waals surface area contributed by atoms with Gasteiger partial charge in [-0.15, -0.1) is 0 Å². The molecule has 0 saturated carbocycles. The van der Waals surface area contributed by atoms with Crippen LogP contribution in [0.1, 0.15) is 17.3 Å². The number of nitrogens with zero attached hydrogens (tertiary/aromatic N) is 4. The predicted molar refractivity (Wildman–Crippen MR) is 124 cm³/mol. The van der Waals surface area contributed by atoms with Gasteiger partial charge in [-0.1, -0.05) is 24.3 Å². The fraction of sp³-hybridized carbons (Fsp3) is 0.391. The molecule has 0 spiro atoms. The lowest BCUT2D eigenvalue weighted by Crippen LogP contribution is -2.51. The summed E-state index contributed by atoms with van der Waals surface area (Å²) in [5, 5.41) is 0. The Morgan fingerprint density at radius 2 is 1.59 bits per heavy atom. The summed E-state index contributed by atoms with van der Waals surface area (Å²) in [7, 11) is -0.363. The SMILES string of the molecule is CCN(c1ccccc1)S(=O)(=O)c1cccc(C(=O)N2CCN(CC(=O)N(C)C)CC2)c1. The van der Waals surface area contributed by atoms with Gasteiger partial charge in [-0.05, 0) is 37.3 Å². The van der Waals surface area contributed by atoms with E-state index in [0.717, 1.165) is 0 Å². The number of para-hydroxylation sites is 1. The van der Waals surface area contributed by atoms with Crippen LogP contribution in [0.5, 0.6) is 0 Å². The topological polar surface area (TPSA) is 81.2 Å². The molecule has 8 nitrogen and oxygen atoms in total. The van der Waals surface area contributed by atoms with Crippen molar-refractivity contribution < 1.29 is 18.0 Å². The molecule has 1 saturated heterocycles. The first-order valence-electron chi connectivity index (χ1n) is 10.6. The van der Waals surface area contributed by atoms with Crippen molar-refractivity contribution in [3.05, 3.63) is 60.2 Å². The molecule has 0 unspecified atom stereocenters. The molecule has 0 aromatic heterocycles. The van der Waals surface area contributed by atoms with Crippen molar-refractivity contribution in [3.8, 4) is 0 Å². The molecule has 0 aliphatic carbocycles. The summed E-state index contributed by atoms with van der Waals surface area (Å²) in [5.74, 6) is -0.176. The molecule has 172 valence electrons. The van der Waals surface area contributed by atoms with Gasteiger partial charge in [-0.2, -0.15) is 0 Å². The average molecular weight is 459 g/mol. The summed E-state index contributed by atoms with van der Waals surface area (Å²) in [6.07, 6.45) is 0. The maximum atomic E-state index is 13.3. The normalized spacial score (nSPS) is 14.8. The second-order valence-electron chi connectivity index (χ2n) is 7.89. The first kappa shape index (κ1) is 23.7. The quantitative estimate of drug-likeness (QED) is 0.632. The van der Waals surface area contributed by atoms with Crippen molar-refractivity contribution in [2.75, 3.05) is 57.7 Å². The van der Waals surface area contributed by atoms with Gasteiger partial charge in [-0.25, -0.2) is 8.42 Å². The van der Waals surface area contributed by atoms with Crippen molar-refractivity contribution in [3.63, 3.8) is 0 Å². The van der Waals surface area contributed by atoms with E-state index in [9.17, 15) is 18.0 Å². The molecule has 1 aliphatic rings. The Balaban J connectivity index is 1.73. The zero-order valence-electron chi connectivity index (χ0n) is 18.8. The lowest BCUT2D eigenvalue weighted by Gasteiger charge is -2.34. The van der Waals surface area contributed by atoms with Gasteiger partial charge in [0.1, 0.15) is 0 Å². The molecule has 1 heterocycles. The lowest BCUT2D eigenvalue weighted by atomic mass is 10.2. The van der Waals surface area contributed by atoms with Crippen LogP contribution in [0.25, 0.3) is 0 Å². The number of rotatable bonds is 7. The van der Waals surface area contributed by atoms with E-state index >= 15 is 0 Å². The van der Waals surface area contributed by atoms with Crippen LogP contribution in [0.3, 0.4) is 0 Å². The molecule has 0 radical (unpaired) electrons. The zero-order chi connectivity index (χ0) is 23.3. The van der Waals surface area contributed by atoms with Crippen LogP contribution in [-0.2, 0) is 14.8 Å². The third-order valence-electron chi connectivity index (χ3n) is 5.52. The zero-order valence-corrected chi connectivity index (χ0v) is 19.6. The molecule has 1 fully saturated rings. The highest BCUT2D eigenvalue weighted by Gasteiger charge is 2.27. The highest BCUT2D eigenvalue weighted by Crippen LogP contribution is 2.24. The second-order valence-corrected chi connectivity index (χ2v) is 9.75. The number of sulfonamides is 1. The molecule has 32 heavy (non-hydrogen) atoms. The monoisotopic (exact) mass is 458 g/mol. The number of carbonyl (C=O) groups excluding carboxylic acids is 2.